The predicted molar refractivity (Wildman–Crippen MR) is 97.1 cm³/mol. The second-order valence-corrected chi connectivity index (χ2v) is 5.46. The number of benzene rings is 1. The summed E-state index contributed by atoms with van der Waals surface area (Å²) in [6, 6.07) is 7.74. The maximum absolute atomic E-state index is 7.03. The SMILES string of the molecule is Cc1ccc(Nc2nccc(C3=C(/C=C\C=N)N=C3)n2)cc1S. The Labute approximate surface area is 139 Å². The van der Waals surface area contributed by atoms with Crippen LogP contribution in [0.2, 0.25) is 0 Å². The Morgan fingerprint density at radius 3 is 2.83 bits per heavy atom. The van der Waals surface area contributed by atoms with Crippen molar-refractivity contribution in [3.05, 3.63) is 59.6 Å². The van der Waals surface area contributed by atoms with Gasteiger partial charge < -0.3 is 10.7 Å². The summed E-state index contributed by atoms with van der Waals surface area (Å²) in [5.41, 5.74) is 4.55. The van der Waals surface area contributed by atoms with Gasteiger partial charge in [0.05, 0.1) is 11.4 Å². The van der Waals surface area contributed by atoms with Gasteiger partial charge in [0.2, 0.25) is 5.95 Å². The summed E-state index contributed by atoms with van der Waals surface area (Å²) in [5, 5.41) is 10.2. The summed E-state index contributed by atoms with van der Waals surface area (Å²) in [5.74, 6) is 0.516. The zero-order chi connectivity index (χ0) is 16.2. The summed E-state index contributed by atoms with van der Waals surface area (Å²) in [4.78, 5) is 13.8. The Bertz CT molecular complexity index is 852. The van der Waals surface area contributed by atoms with Crippen LogP contribution >= 0.6 is 12.6 Å². The molecule has 0 aliphatic carbocycles. The molecule has 0 radical (unpaired) electrons. The predicted octanol–water partition coefficient (Wildman–Crippen LogP) is 3.82. The molecule has 114 valence electrons. The van der Waals surface area contributed by atoms with Crippen LogP contribution in [0.4, 0.5) is 11.6 Å². The van der Waals surface area contributed by atoms with Gasteiger partial charge in [0.1, 0.15) is 0 Å². The highest BCUT2D eigenvalue weighted by Crippen LogP contribution is 2.25. The molecule has 6 heteroatoms. The van der Waals surface area contributed by atoms with Crippen molar-refractivity contribution >= 4 is 42.3 Å². The van der Waals surface area contributed by atoms with Crippen LogP contribution in [0.25, 0.3) is 5.57 Å². The molecular formula is C17H15N5S. The second kappa shape index (κ2) is 6.58. The van der Waals surface area contributed by atoms with E-state index in [1.165, 1.54) is 6.21 Å². The minimum Gasteiger partial charge on any atom is -0.324 e. The van der Waals surface area contributed by atoms with Crippen LogP contribution in [0.5, 0.6) is 0 Å². The lowest BCUT2D eigenvalue weighted by Gasteiger charge is -2.13. The minimum atomic E-state index is 0.516. The van der Waals surface area contributed by atoms with Crippen molar-refractivity contribution in [2.24, 2.45) is 4.99 Å². The van der Waals surface area contributed by atoms with Crippen LogP contribution in [0, 0.1) is 12.3 Å². The maximum atomic E-state index is 7.03. The van der Waals surface area contributed by atoms with Gasteiger partial charge in [-0.3, -0.25) is 4.99 Å². The maximum Gasteiger partial charge on any atom is 0.227 e. The summed E-state index contributed by atoms with van der Waals surface area (Å²) in [6.45, 7) is 2.01. The molecule has 1 aliphatic heterocycles. The lowest BCUT2D eigenvalue weighted by molar-refractivity contribution is 1.14. The van der Waals surface area contributed by atoms with E-state index in [1.807, 2.05) is 31.2 Å². The number of hydrogen-bond acceptors (Lipinski definition) is 6. The number of nitrogens with one attached hydrogen (secondary N) is 2. The normalized spacial score (nSPS) is 13.3. The average molecular weight is 321 g/mol. The van der Waals surface area contributed by atoms with Gasteiger partial charge in [0.25, 0.3) is 0 Å². The third-order valence-electron chi connectivity index (χ3n) is 3.36. The summed E-state index contributed by atoms with van der Waals surface area (Å²) in [7, 11) is 0. The zero-order valence-corrected chi connectivity index (χ0v) is 13.4. The summed E-state index contributed by atoms with van der Waals surface area (Å²) < 4.78 is 0. The molecule has 0 amide bonds. The van der Waals surface area contributed by atoms with E-state index in [2.05, 4.69) is 32.9 Å². The van der Waals surface area contributed by atoms with Crippen LogP contribution in [0.3, 0.4) is 0 Å². The van der Waals surface area contributed by atoms with Gasteiger partial charge in [-0.05, 0) is 42.8 Å². The number of aromatic nitrogens is 2. The van der Waals surface area contributed by atoms with E-state index in [1.54, 1.807) is 24.6 Å². The van der Waals surface area contributed by atoms with Crippen LogP contribution in [0.15, 0.2) is 58.2 Å². The van der Waals surface area contributed by atoms with Gasteiger partial charge in [-0.15, -0.1) is 12.6 Å². The molecule has 0 unspecified atom stereocenters. The molecule has 2 heterocycles. The smallest absolute Gasteiger partial charge is 0.227 e. The van der Waals surface area contributed by atoms with Crippen molar-refractivity contribution < 1.29 is 0 Å². The topological polar surface area (TPSA) is 74.0 Å². The molecule has 5 nitrogen and oxygen atoms in total. The van der Waals surface area contributed by atoms with E-state index < -0.39 is 0 Å². The summed E-state index contributed by atoms with van der Waals surface area (Å²) >= 11 is 4.42. The molecule has 1 aromatic carbocycles. The Kier molecular flexibility index (Phi) is 4.34. The second-order valence-electron chi connectivity index (χ2n) is 4.97. The molecule has 2 N–H and O–H groups in total. The average Bonchev–Trinajstić information content (AvgIpc) is 2.51. The largest absolute Gasteiger partial charge is 0.324 e. The third kappa shape index (κ3) is 3.37. The van der Waals surface area contributed by atoms with Gasteiger partial charge in [-0.2, -0.15) is 0 Å². The molecule has 0 spiro atoms. The van der Waals surface area contributed by atoms with E-state index in [4.69, 9.17) is 5.41 Å². The lowest BCUT2D eigenvalue weighted by atomic mass is 10.1. The standard InChI is InChI=1S/C17H15N5S/c1-11-4-5-12(9-16(11)23)21-17-19-8-6-15(22-17)13-10-20-14(13)3-2-7-18/h2-10,18,23H,1H3,(H,19,21,22)/b3-2-,18-7?. The molecule has 1 aromatic heterocycles. The van der Waals surface area contributed by atoms with E-state index in [0.29, 0.717) is 5.95 Å². The molecule has 1 aliphatic rings. The Morgan fingerprint density at radius 2 is 2.13 bits per heavy atom. The third-order valence-corrected chi connectivity index (χ3v) is 3.84. The van der Waals surface area contributed by atoms with Crippen LogP contribution in [-0.4, -0.2) is 22.4 Å². The first-order valence-electron chi connectivity index (χ1n) is 7.03. The number of allylic oxidation sites excluding steroid dienone is 3. The molecule has 0 bridgehead atoms. The monoisotopic (exact) mass is 321 g/mol. The number of aliphatic imine (C=N–C) groups is 1. The quantitative estimate of drug-likeness (QED) is 0.579. The van der Waals surface area contributed by atoms with Crippen LogP contribution in [0.1, 0.15) is 11.3 Å². The highest BCUT2D eigenvalue weighted by molar-refractivity contribution is 7.80. The number of anilines is 2. The number of thiol groups is 1. The van der Waals surface area contributed by atoms with Crippen molar-refractivity contribution in [1.82, 2.24) is 9.97 Å². The fraction of sp³-hybridized carbons (Fsp3) is 0.0588. The molecule has 0 atom stereocenters. The first-order chi connectivity index (χ1) is 11.2. The Morgan fingerprint density at radius 1 is 1.26 bits per heavy atom. The summed E-state index contributed by atoms with van der Waals surface area (Å²) in [6.07, 6.45) is 8.10. The van der Waals surface area contributed by atoms with Crippen molar-refractivity contribution in [2.45, 2.75) is 11.8 Å². The van der Waals surface area contributed by atoms with Crippen LogP contribution in [-0.2, 0) is 0 Å². The van der Waals surface area contributed by atoms with Gasteiger partial charge >= 0.3 is 0 Å². The van der Waals surface area contributed by atoms with E-state index in [-0.39, 0.29) is 0 Å². The number of rotatable bonds is 5. The number of aryl methyl sites for hydroxylation is 1. The lowest BCUT2D eigenvalue weighted by Crippen LogP contribution is -2.05. The van der Waals surface area contributed by atoms with Crippen molar-refractivity contribution in [1.29, 1.82) is 5.41 Å². The molecule has 0 saturated carbocycles. The fourth-order valence-corrected chi connectivity index (χ4v) is 2.27. The van der Waals surface area contributed by atoms with Gasteiger partial charge in [0, 0.05) is 34.8 Å². The minimum absolute atomic E-state index is 0.516. The first kappa shape index (κ1) is 15.2. The van der Waals surface area contributed by atoms with Gasteiger partial charge in [0.15, 0.2) is 0 Å². The molecular weight excluding hydrogens is 306 g/mol. The Balaban J connectivity index is 1.84. The molecule has 23 heavy (non-hydrogen) atoms. The fourth-order valence-electron chi connectivity index (χ4n) is 2.06. The highest BCUT2D eigenvalue weighted by Gasteiger charge is 2.14. The Hall–Kier alpha value is -2.73. The molecule has 0 fully saturated rings. The zero-order valence-electron chi connectivity index (χ0n) is 12.5. The first-order valence-corrected chi connectivity index (χ1v) is 7.47. The van der Waals surface area contributed by atoms with Gasteiger partial charge in [-0.25, -0.2) is 9.97 Å². The molecule has 2 aromatic rings. The van der Waals surface area contributed by atoms with E-state index >= 15 is 0 Å². The van der Waals surface area contributed by atoms with Crippen molar-refractivity contribution in [2.75, 3.05) is 5.32 Å². The van der Waals surface area contributed by atoms with Crippen LogP contribution < -0.4 is 5.32 Å². The van der Waals surface area contributed by atoms with E-state index in [0.717, 1.165) is 33.1 Å². The van der Waals surface area contributed by atoms with Crippen molar-refractivity contribution in [3.8, 4) is 0 Å². The van der Waals surface area contributed by atoms with E-state index in [9.17, 15) is 0 Å². The molecule has 3 rings (SSSR count). The van der Waals surface area contributed by atoms with Crippen molar-refractivity contribution in [3.63, 3.8) is 0 Å². The highest BCUT2D eigenvalue weighted by atomic mass is 32.1. The number of hydrogen-bond donors (Lipinski definition) is 3. The molecule has 0 saturated heterocycles. The van der Waals surface area contributed by atoms with Gasteiger partial charge in [-0.1, -0.05) is 6.07 Å². The number of nitrogens with zero attached hydrogens (tertiary/aromatic N) is 3.